The van der Waals surface area contributed by atoms with Crippen molar-refractivity contribution in [2.24, 2.45) is 0 Å². The molecule has 1 heterocycles. The summed E-state index contributed by atoms with van der Waals surface area (Å²) in [5, 5.41) is 8.88. The van der Waals surface area contributed by atoms with Crippen LogP contribution in [0.4, 0.5) is 13.2 Å². The van der Waals surface area contributed by atoms with Crippen molar-refractivity contribution >= 4 is 0 Å². The van der Waals surface area contributed by atoms with Crippen molar-refractivity contribution in [3.63, 3.8) is 0 Å². The van der Waals surface area contributed by atoms with Crippen LogP contribution < -0.4 is 9.47 Å². The summed E-state index contributed by atoms with van der Waals surface area (Å²) >= 11 is 0. The van der Waals surface area contributed by atoms with Crippen molar-refractivity contribution in [3.8, 4) is 28.8 Å². The second-order valence-electron chi connectivity index (χ2n) is 4.29. The van der Waals surface area contributed by atoms with Gasteiger partial charge in [-0.05, 0) is 23.3 Å². The largest absolute Gasteiger partial charge is 0.573 e. The van der Waals surface area contributed by atoms with Gasteiger partial charge in [0.2, 0.25) is 5.88 Å². The van der Waals surface area contributed by atoms with Crippen molar-refractivity contribution in [2.45, 2.75) is 12.8 Å². The fraction of sp³-hybridized carbons (Fsp3) is 0.200. The van der Waals surface area contributed by atoms with Gasteiger partial charge in [0.05, 0.1) is 19.6 Å². The first-order chi connectivity index (χ1) is 10.4. The molecule has 0 N–H and O–H groups in total. The minimum Gasteiger partial charge on any atom is -0.481 e. The van der Waals surface area contributed by atoms with Gasteiger partial charge in [-0.15, -0.1) is 13.2 Å². The molecule has 0 fully saturated rings. The van der Waals surface area contributed by atoms with Crippen LogP contribution in [0.15, 0.2) is 36.5 Å². The summed E-state index contributed by atoms with van der Waals surface area (Å²) in [7, 11) is 1.44. The molecular weight excluding hydrogens is 297 g/mol. The van der Waals surface area contributed by atoms with Crippen LogP contribution in [0.2, 0.25) is 0 Å². The molecule has 1 aromatic heterocycles. The minimum atomic E-state index is -4.76. The lowest BCUT2D eigenvalue weighted by atomic mass is 10.00. The highest BCUT2D eigenvalue weighted by Gasteiger charge is 2.31. The molecule has 1 aromatic carbocycles. The van der Waals surface area contributed by atoms with Crippen molar-refractivity contribution in [3.05, 3.63) is 42.1 Å². The molecule has 7 heteroatoms. The summed E-state index contributed by atoms with van der Waals surface area (Å²) in [5.74, 6) is 0.000391. The smallest absolute Gasteiger partial charge is 0.481 e. The molecule has 2 aromatic rings. The van der Waals surface area contributed by atoms with Crippen LogP contribution in [0.5, 0.6) is 11.6 Å². The lowest BCUT2D eigenvalue weighted by molar-refractivity contribution is -0.274. The Kier molecular flexibility index (Phi) is 4.51. The molecule has 0 atom stereocenters. The Bertz CT molecular complexity index is 709. The average molecular weight is 308 g/mol. The van der Waals surface area contributed by atoms with Gasteiger partial charge in [-0.2, -0.15) is 5.26 Å². The van der Waals surface area contributed by atoms with Gasteiger partial charge in [0, 0.05) is 17.8 Å². The maximum absolute atomic E-state index is 12.3. The third-order valence-electron chi connectivity index (χ3n) is 2.82. The van der Waals surface area contributed by atoms with Crippen molar-refractivity contribution in [1.82, 2.24) is 4.98 Å². The summed E-state index contributed by atoms with van der Waals surface area (Å²) in [6.07, 6.45) is -3.22. The number of pyridine rings is 1. The summed E-state index contributed by atoms with van der Waals surface area (Å²) < 4.78 is 45.7. The van der Waals surface area contributed by atoms with E-state index in [1.807, 2.05) is 6.07 Å². The molecule has 0 aliphatic rings. The predicted molar refractivity (Wildman–Crippen MR) is 72.2 cm³/mol. The van der Waals surface area contributed by atoms with E-state index in [0.717, 1.165) is 0 Å². The predicted octanol–water partition coefficient (Wildman–Crippen LogP) is 3.72. The highest BCUT2D eigenvalue weighted by Crippen LogP contribution is 2.30. The highest BCUT2D eigenvalue weighted by atomic mass is 19.4. The second kappa shape index (κ2) is 6.35. The average Bonchev–Trinajstić information content (AvgIpc) is 2.46. The normalized spacial score (nSPS) is 10.9. The Hall–Kier alpha value is -2.75. The molecule has 114 valence electrons. The number of nitrogens with zero attached hydrogens (tertiary/aromatic N) is 2. The number of hydrogen-bond acceptors (Lipinski definition) is 4. The summed E-state index contributed by atoms with van der Waals surface area (Å²) in [6, 6.07) is 9.10. The van der Waals surface area contributed by atoms with E-state index in [0.29, 0.717) is 22.6 Å². The summed E-state index contributed by atoms with van der Waals surface area (Å²) in [5.41, 5.74) is 1.63. The minimum absolute atomic E-state index is 0.0819. The van der Waals surface area contributed by atoms with Crippen molar-refractivity contribution < 1.29 is 22.6 Å². The van der Waals surface area contributed by atoms with E-state index in [1.165, 1.54) is 31.5 Å². The standard InChI is InChI=1S/C15H11F3N2O2/c1-21-14-8-11(5-6-19)13(9-20-14)10-3-2-4-12(7-10)22-15(16,17)18/h2-4,7-9H,5H2,1H3. The monoisotopic (exact) mass is 308 g/mol. The molecule has 2 rings (SSSR count). The van der Waals surface area contributed by atoms with Crippen LogP contribution in [0.3, 0.4) is 0 Å². The van der Waals surface area contributed by atoms with Crippen LogP contribution in [0, 0.1) is 11.3 Å². The quantitative estimate of drug-likeness (QED) is 0.863. The zero-order valence-corrected chi connectivity index (χ0v) is 11.5. The molecule has 0 saturated carbocycles. The number of nitriles is 1. The van der Waals surface area contributed by atoms with Gasteiger partial charge in [-0.3, -0.25) is 0 Å². The number of aromatic nitrogens is 1. The second-order valence-corrected chi connectivity index (χ2v) is 4.29. The van der Waals surface area contributed by atoms with E-state index in [-0.39, 0.29) is 12.2 Å². The number of alkyl halides is 3. The molecule has 0 aliphatic heterocycles. The van der Waals surface area contributed by atoms with E-state index in [4.69, 9.17) is 10.00 Å². The Morgan fingerprint density at radius 2 is 2.05 bits per heavy atom. The third kappa shape index (κ3) is 3.88. The van der Waals surface area contributed by atoms with Crippen LogP contribution in [0.1, 0.15) is 5.56 Å². The van der Waals surface area contributed by atoms with Gasteiger partial charge in [-0.25, -0.2) is 4.98 Å². The molecular formula is C15H11F3N2O2. The van der Waals surface area contributed by atoms with Gasteiger partial charge in [0.25, 0.3) is 0 Å². The number of methoxy groups -OCH3 is 1. The topological polar surface area (TPSA) is 55.1 Å². The van der Waals surface area contributed by atoms with Gasteiger partial charge < -0.3 is 9.47 Å². The van der Waals surface area contributed by atoms with E-state index in [1.54, 1.807) is 12.1 Å². The number of halogens is 3. The summed E-state index contributed by atoms with van der Waals surface area (Å²) in [6.45, 7) is 0. The molecule has 0 amide bonds. The Morgan fingerprint density at radius 3 is 2.68 bits per heavy atom. The first kappa shape index (κ1) is 15.6. The number of ether oxygens (including phenoxy) is 2. The first-order valence-electron chi connectivity index (χ1n) is 6.19. The molecule has 0 bridgehead atoms. The maximum Gasteiger partial charge on any atom is 0.573 e. The highest BCUT2D eigenvalue weighted by molar-refractivity contribution is 5.68. The SMILES string of the molecule is COc1cc(CC#N)c(-c2cccc(OC(F)(F)F)c2)cn1. The fourth-order valence-electron chi connectivity index (χ4n) is 1.94. The molecule has 0 unspecified atom stereocenters. The van der Waals surface area contributed by atoms with Crippen LogP contribution in [-0.4, -0.2) is 18.5 Å². The lowest BCUT2D eigenvalue weighted by Crippen LogP contribution is -2.17. The van der Waals surface area contributed by atoms with Crippen LogP contribution >= 0.6 is 0 Å². The number of benzene rings is 1. The molecule has 0 spiro atoms. The van der Waals surface area contributed by atoms with Crippen molar-refractivity contribution in [1.29, 1.82) is 5.26 Å². The zero-order chi connectivity index (χ0) is 16.2. The van der Waals surface area contributed by atoms with E-state index in [2.05, 4.69) is 9.72 Å². The maximum atomic E-state index is 12.3. The van der Waals surface area contributed by atoms with Gasteiger partial charge >= 0.3 is 6.36 Å². The van der Waals surface area contributed by atoms with E-state index in [9.17, 15) is 13.2 Å². The molecule has 0 saturated heterocycles. The van der Waals surface area contributed by atoms with Gasteiger partial charge in [0.15, 0.2) is 0 Å². The van der Waals surface area contributed by atoms with Gasteiger partial charge in [-0.1, -0.05) is 12.1 Å². The number of hydrogen-bond donors (Lipinski definition) is 0. The van der Waals surface area contributed by atoms with Gasteiger partial charge in [0.1, 0.15) is 5.75 Å². The molecule has 4 nitrogen and oxygen atoms in total. The molecule has 0 radical (unpaired) electrons. The number of rotatable bonds is 4. The summed E-state index contributed by atoms with van der Waals surface area (Å²) in [4.78, 5) is 4.03. The molecule has 22 heavy (non-hydrogen) atoms. The van der Waals surface area contributed by atoms with E-state index < -0.39 is 6.36 Å². The lowest BCUT2D eigenvalue weighted by Gasteiger charge is -2.12. The zero-order valence-electron chi connectivity index (χ0n) is 11.5. The first-order valence-corrected chi connectivity index (χ1v) is 6.19. The molecule has 0 aliphatic carbocycles. The Morgan fingerprint density at radius 1 is 1.27 bits per heavy atom. The van der Waals surface area contributed by atoms with E-state index >= 15 is 0 Å². The van der Waals surface area contributed by atoms with Crippen LogP contribution in [-0.2, 0) is 6.42 Å². The fourth-order valence-corrected chi connectivity index (χ4v) is 1.94. The van der Waals surface area contributed by atoms with Crippen LogP contribution in [0.25, 0.3) is 11.1 Å². The van der Waals surface area contributed by atoms with Crippen molar-refractivity contribution in [2.75, 3.05) is 7.11 Å². The Labute approximate surface area is 124 Å². The third-order valence-corrected chi connectivity index (χ3v) is 2.82. The Balaban J connectivity index is 2.43.